The summed E-state index contributed by atoms with van der Waals surface area (Å²) in [6.07, 6.45) is 5.01. The molecule has 2 aliphatic rings. The molecular weight excluding hydrogens is 356 g/mol. The first-order valence-electron chi connectivity index (χ1n) is 10.1. The van der Waals surface area contributed by atoms with E-state index in [1.54, 1.807) is 0 Å². The van der Waals surface area contributed by atoms with Gasteiger partial charge in [0.15, 0.2) is 0 Å². The van der Waals surface area contributed by atoms with Crippen LogP contribution in [-0.4, -0.2) is 37.0 Å². The van der Waals surface area contributed by atoms with Crippen molar-refractivity contribution in [3.8, 4) is 0 Å². The average Bonchev–Trinajstić information content (AvgIpc) is 3.17. The van der Waals surface area contributed by atoms with E-state index in [-0.39, 0.29) is 5.91 Å². The molecule has 2 fully saturated rings. The standard InChI is InChI=1S/C23H27ClN2O/c24-21-10-8-18(9-11-21)20-13-16-25(17-20)15-12-19-5-1-2-6-22(19)26-14-4-3-7-23(26)27/h1-2,5-6,8-11,20H,3-4,7,12-17H2. The molecule has 1 amide bonds. The third-order valence-electron chi connectivity index (χ3n) is 5.92. The number of piperidine rings is 1. The quantitative estimate of drug-likeness (QED) is 0.735. The van der Waals surface area contributed by atoms with Gasteiger partial charge in [-0.1, -0.05) is 41.9 Å². The molecule has 0 spiro atoms. The van der Waals surface area contributed by atoms with Crippen LogP contribution < -0.4 is 4.90 Å². The Bertz CT molecular complexity index is 789. The molecule has 0 radical (unpaired) electrons. The van der Waals surface area contributed by atoms with E-state index in [0.29, 0.717) is 12.3 Å². The van der Waals surface area contributed by atoms with Crippen LogP contribution >= 0.6 is 11.6 Å². The normalized spacial score (nSPS) is 21.0. The summed E-state index contributed by atoms with van der Waals surface area (Å²) in [4.78, 5) is 16.9. The Balaban J connectivity index is 1.38. The van der Waals surface area contributed by atoms with Crippen LogP contribution in [0.15, 0.2) is 48.5 Å². The number of carbonyl (C=O) groups is 1. The summed E-state index contributed by atoms with van der Waals surface area (Å²) < 4.78 is 0. The van der Waals surface area contributed by atoms with Gasteiger partial charge in [-0.05, 0) is 67.5 Å². The third-order valence-corrected chi connectivity index (χ3v) is 6.17. The first kappa shape index (κ1) is 18.5. The van der Waals surface area contributed by atoms with E-state index in [0.717, 1.165) is 56.2 Å². The smallest absolute Gasteiger partial charge is 0.226 e. The fraction of sp³-hybridized carbons (Fsp3) is 0.435. The van der Waals surface area contributed by atoms with Gasteiger partial charge in [-0.25, -0.2) is 0 Å². The summed E-state index contributed by atoms with van der Waals surface area (Å²) in [5.41, 5.74) is 3.81. The molecule has 2 aromatic rings. The Labute approximate surface area is 166 Å². The van der Waals surface area contributed by atoms with Crippen molar-refractivity contribution >= 4 is 23.2 Å². The van der Waals surface area contributed by atoms with Crippen molar-refractivity contribution < 1.29 is 4.79 Å². The number of para-hydroxylation sites is 1. The average molecular weight is 383 g/mol. The summed E-state index contributed by atoms with van der Waals surface area (Å²) in [5, 5.41) is 0.803. The van der Waals surface area contributed by atoms with E-state index in [4.69, 9.17) is 11.6 Å². The van der Waals surface area contributed by atoms with E-state index in [1.165, 1.54) is 17.5 Å². The first-order chi connectivity index (χ1) is 13.2. The number of amides is 1. The highest BCUT2D eigenvalue weighted by molar-refractivity contribution is 6.30. The van der Waals surface area contributed by atoms with Gasteiger partial charge in [-0.3, -0.25) is 4.79 Å². The highest BCUT2D eigenvalue weighted by Crippen LogP contribution is 2.29. The van der Waals surface area contributed by atoms with Gasteiger partial charge in [0.25, 0.3) is 0 Å². The molecular formula is C23H27ClN2O. The molecule has 0 aromatic heterocycles. The third kappa shape index (κ3) is 4.36. The van der Waals surface area contributed by atoms with E-state index in [9.17, 15) is 4.79 Å². The van der Waals surface area contributed by atoms with Crippen molar-refractivity contribution in [3.63, 3.8) is 0 Å². The molecule has 4 rings (SSSR count). The van der Waals surface area contributed by atoms with E-state index < -0.39 is 0 Å². The molecule has 3 nitrogen and oxygen atoms in total. The van der Waals surface area contributed by atoms with Crippen molar-refractivity contribution in [2.45, 2.75) is 38.0 Å². The molecule has 1 atom stereocenters. The number of anilines is 1. The molecule has 1 unspecified atom stereocenters. The van der Waals surface area contributed by atoms with E-state index >= 15 is 0 Å². The fourth-order valence-electron chi connectivity index (χ4n) is 4.37. The van der Waals surface area contributed by atoms with Gasteiger partial charge < -0.3 is 9.80 Å². The second-order valence-corrected chi connectivity index (χ2v) is 8.16. The highest BCUT2D eigenvalue weighted by atomic mass is 35.5. The van der Waals surface area contributed by atoms with Crippen LogP contribution in [0.1, 0.15) is 42.7 Å². The number of hydrogen-bond donors (Lipinski definition) is 0. The van der Waals surface area contributed by atoms with Crippen molar-refractivity contribution in [1.82, 2.24) is 4.90 Å². The second kappa shape index (κ2) is 8.45. The number of benzene rings is 2. The maximum absolute atomic E-state index is 12.3. The summed E-state index contributed by atoms with van der Waals surface area (Å²) in [7, 11) is 0. The van der Waals surface area contributed by atoms with Gasteiger partial charge in [0.2, 0.25) is 5.91 Å². The van der Waals surface area contributed by atoms with Gasteiger partial charge in [-0.15, -0.1) is 0 Å². The van der Waals surface area contributed by atoms with Crippen LogP contribution in [0.5, 0.6) is 0 Å². The Morgan fingerprint density at radius 1 is 1.00 bits per heavy atom. The van der Waals surface area contributed by atoms with E-state index in [1.807, 2.05) is 23.1 Å². The Morgan fingerprint density at radius 3 is 2.63 bits per heavy atom. The van der Waals surface area contributed by atoms with Gasteiger partial charge >= 0.3 is 0 Å². The molecule has 2 aromatic carbocycles. The summed E-state index contributed by atoms with van der Waals surface area (Å²) in [5.74, 6) is 0.874. The largest absolute Gasteiger partial charge is 0.312 e. The zero-order valence-corrected chi connectivity index (χ0v) is 16.5. The van der Waals surface area contributed by atoms with E-state index in [2.05, 4.69) is 35.2 Å². The van der Waals surface area contributed by atoms with Crippen LogP contribution in [0.4, 0.5) is 5.69 Å². The molecule has 0 N–H and O–H groups in total. The second-order valence-electron chi connectivity index (χ2n) is 7.72. The minimum atomic E-state index is 0.276. The molecule has 0 saturated carbocycles. The first-order valence-corrected chi connectivity index (χ1v) is 10.4. The van der Waals surface area contributed by atoms with Gasteiger partial charge in [-0.2, -0.15) is 0 Å². The molecule has 4 heteroatoms. The Morgan fingerprint density at radius 2 is 1.81 bits per heavy atom. The maximum Gasteiger partial charge on any atom is 0.226 e. The summed E-state index contributed by atoms with van der Waals surface area (Å²) in [6.45, 7) is 4.14. The number of likely N-dealkylation sites (tertiary alicyclic amines) is 1. The lowest BCUT2D eigenvalue weighted by atomic mass is 9.99. The Kier molecular flexibility index (Phi) is 5.80. The molecule has 0 aliphatic carbocycles. The number of carbonyl (C=O) groups excluding carboxylic acids is 1. The van der Waals surface area contributed by atoms with Gasteiger partial charge in [0, 0.05) is 36.8 Å². The Hall–Kier alpha value is -1.84. The van der Waals surface area contributed by atoms with Crippen LogP contribution in [0.3, 0.4) is 0 Å². The number of hydrogen-bond acceptors (Lipinski definition) is 2. The van der Waals surface area contributed by atoms with Crippen molar-refractivity contribution in [2.75, 3.05) is 31.1 Å². The predicted octanol–water partition coefficient (Wildman–Crippen LogP) is 4.89. The highest BCUT2D eigenvalue weighted by Gasteiger charge is 2.25. The minimum absolute atomic E-state index is 0.276. The molecule has 27 heavy (non-hydrogen) atoms. The van der Waals surface area contributed by atoms with Crippen LogP contribution in [-0.2, 0) is 11.2 Å². The van der Waals surface area contributed by atoms with Crippen LogP contribution in [0.2, 0.25) is 5.02 Å². The summed E-state index contributed by atoms with van der Waals surface area (Å²) >= 11 is 6.02. The van der Waals surface area contributed by atoms with Gasteiger partial charge in [0.05, 0.1) is 0 Å². The molecule has 142 valence electrons. The molecule has 2 saturated heterocycles. The monoisotopic (exact) mass is 382 g/mol. The minimum Gasteiger partial charge on any atom is -0.312 e. The van der Waals surface area contributed by atoms with Gasteiger partial charge in [0.1, 0.15) is 0 Å². The lowest BCUT2D eigenvalue weighted by Crippen LogP contribution is -2.36. The predicted molar refractivity (Wildman–Crippen MR) is 112 cm³/mol. The zero-order valence-electron chi connectivity index (χ0n) is 15.7. The zero-order chi connectivity index (χ0) is 18.6. The molecule has 2 aliphatic heterocycles. The lowest BCUT2D eigenvalue weighted by molar-refractivity contribution is -0.119. The summed E-state index contributed by atoms with van der Waals surface area (Å²) in [6, 6.07) is 16.7. The SMILES string of the molecule is O=C1CCCCN1c1ccccc1CCN1CCC(c2ccc(Cl)cc2)C1. The number of nitrogens with zero attached hydrogens (tertiary/aromatic N) is 2. The van der Waals surface area contributed by atoms with Crippen molar-refractivity contribution in [2.24, 2.45) is 0 Å². The van der Waals surface area contributed by atoms with Crippen molar-refractivity contribution in [1.29, 1.82) is 0 Å². The molecule has 2 heterocycles. The number of halogens is 1. The lowest BCUT2D eigenvalue weighted by Gasteiger charge is -2.29. The maximum atomic E-state index is 12.3. The topological polar surface area (TPSA) is 23.6 Å². The number of rotatable bonds is 5. The molecule has 0 bridgehead atoms. The van der Waals surface area contributed by atoms with Crippen LogP contribution in [0.25, 0.3) is 0 Å². The van der Waals surface area contributed by atoms with Crippen molar-refractivity contribution in [3.05, 3.63) is 64.7 Å². The fourth-order valence-corrected chi connectivity index (χ4v) is 4.49. The van der Waals surface area contributed by atoms with Crippen LogP contribution in [0, 0.1) is 0 Å².